The van der Waals surface area contributed by atoms with Crippen LogP contribution >= 0.6 is 11.6 Å². The van der Waals surface area contributed by atoms with Gasteiger partial charge in [-0.05, 0) is 31.5 Å². The van der Waals surface area contributed by atoms with Crippen LogP contribution in [0.2, 0.25) is 5.02 Å². The minimum absolute atomic E-state index is 0.0204. The van der Waals surface area contributed by atoms with Gasteiger partial charge in [-0.3, -0.25) is 0 Å². The first kappa shape index (κ1) is 17.3. The Morgan fingerprint density at radius 2 is 1.95 bits per heavy atom. The van der Waals surface area contributed by atoms with E-state index in [9.17, 15) is 17.2 Å². The van der Waals surface area contributed by atoms with Gasteiger partial charge in [-0.1, -0.05) is 18.5 Å². The summed E-state index contributed by atoms with van der Waals surface area (Å²) in [5.41, 5.74) is 0.169. The van der Waals surface area contributed by atoms with E-state index in [0.29, 0.717) is 19.4 Å². The third-order valence-corrected chi connectivity index (χ3v) is 4.19. The minimum atomic E-state index is -3.06. The number of rotatable bonds is 7. The molecule has 0 bridgehead atoms. The number of nitrogens with one attached hydrogen (secondary N) is 1. The molecule has 0 saturated carbocycles. The Kier molecular flexibility index (Phi) is 6.36. The van der Waals surface area contributed by atoms with Gasteiger partial charge in [0.05, 0.1) is 5.02 Å². The third kappa shape index (κ3) is 5.34. The average Bonchev–Trinajstić information content (AvgIpc) is 2.31. The fourth-order valence-corrected chi connectivity index (χ4v) is 2.81. The fourth-order valence-electron chi connectivity index (χ4n) is 1.97. The van der Waals surface area contributed by atoms with Gasteiger partial charge in [0.1, 0.15) is 21.5 Å². The van der Waals surface area contributed by atoms with Gasteiger partial charge in [-0.25, -0.2) is 17.2 Å². The fraction of sp³-hybridized carbons (Fsp3) is 0.538. The highest BCUT2D eigenvalue weighted by Crippen LogP contribution is 2.26. The Bertz CT molecular complexity index is 564. The predicted octanol–water partition coefficient (Wildman–Crippen LogP) is 3.09. The molecule has 1 aromatic rings. The quantitative estimate of drug-likeness (QED) is 0.784. The van der Waals surface area contributed by atoms with Gasteiger partial charge in [-0.2, -0.15) is 0 Å². The van der Waals surface area contributed by atoms with Crippen molar-refractivity contribution in [1.29, 1.82) is 0 Å². The maximum Gasteiger partial charge on any atom is 0.147 e. The molecule has 3 nitrogen and oxygen atoms in total. The van der Waals surface area contributed by atoms with Gasteiger partial charge >= 0.3 is 0 Å². The second-order valence-corrected chi connectivity index (χ2v) is 7.34. The summed E-state index contributed by atoms with van der Waals surface area (Å²) in [5.74, 6) is -1.26. The molecule has 0 saturated heterocycles. The van der Waals surface area contributed by atoms with Crippen LogP contribution in [0.5, 0.6) is 0 Å². The SMILES string of the molecule is CCNC(CCCS(C)(=O)=O)c1cc(F)c(Cl)cc1F. The van der Waals surface area contributed by atoms with E-state index in [1.807, 2.05) is 6.92 Å². The number of sulfone groups is 1. The normalized spacial score (nSPS) is 13.4. The predicted molar refractivity (Wildman–Crippen MR) is 76.7 cm³/mol. The van der Waals surface area contributed by atoms with E-state index >= 15 is 0 Å². The molecule has 0 aliphatic heterocycles. The maximum atomic E-state index is 13.9. The summed E-state index contributed by atoms with van der Waals surface area (Å²) in [6.45, 7) is 2.40. The van der Waals surface area contributed by atoms with Crippen molar-refractivity contribution in [3.05, 3.63) is 34.4 Å². The molecule has 0 aliphatic rings. The molecule has 1 atom stereocenters. The lowest BCUT2D eigenvalue weighted by Gasteiger charge is -2.19. The zero-order valence-electron chi connectivity index (χ0n) is 11.4. The van der Waals surface area contributed by atoms with Crippen molar-refractivity contribution >= 4 is 21.4 Å². The zero-order valence-corrected chi connectivity index (χ0v) is 13.0. The first-order valence-electron chi connectivity index (χ1n) is 6.30. The standard InChI is InChI=1S/C13H18ClF2NO2S/c1-3-17-13(5-4-6-20(2,18)19)9-7-12(16)10(14)8-11(9)15/h7-8,13,17H,3-6H2,1-2H3. The van der Waals surface area contributed by atoms with Crippen LogP contribution in [-0.2, 0) is 9.84 Å². The van der Waals surface area contributed by atoms with E-state index in [-0.39, 0.29) is 16.3 Å². The molecule has 0 fully saturated rings. The molecule has 0 heterocycles. The van der Waals surface area contributed by atoms with Crippen molar-refractivity contribution in [2.75, 3.05) is 18.6 Å². The number of hydrogen-bond donors (Lipinski definition) is 1. The molecule has 0 aromatic heterocycles. The van der Waals surface area contributed by atoms with Crippen molar-refractivity contribution in [3.8, 4) is 0 Å². The Morgan fingerprint density at radius 3 is 2.50 bits per heavy atom. The van der Waals surface area contributed by atoms with Gasteiger partial charge in [0, 0.05) is 23.6 Å². The molecule has 0 amide bonds. The molecule has 1 N–H and O–H groups in total. The van der Waals surface area contributed by atoms with Crippen LogP contribution in [0, 0.1) is 11.6 Å². The van der Waals surface area contributed by atoms with Crippen molar-refractivity contribution in [3.63, 3.8) is 0 Å². The summed E-state index contributed by atoms with van der Waals surface area (Å²) < 4.78 is 49.5. The van der Waals surface area contributed by atoms with E-state index in [0.717, 1.165) is 18.4 Å². The van der Waals surface area contributed by atoms with Crippen LogP contribution in [0.4, 0.5) is 8.78 Å². The molecule has 20 heavy (non-hydrogen) atoms. The molecule has 0 spiro atoms. The molecule has 1 rings (SSSR count). The van der Waals surface area contributed by atoms with E-state index in [1.54, 1.807) is 0 Å². The average molecular weight is 326 g/mol. The van der Waals surface area contributed by atoms with Gasteiger partial charge in [-0.15, -0.1) is 0 Å². The lowest BCUT2D eigenvalue weighted by molar-refractivity contribution is 0.474. The van der Waals surface area contributed by atoms with Crippen LogP contribution < -0.4 is 5.32 Å². The second-order valence-electron chi connectivity index (χ2n) is 4.67. The summed E-state index contributed by atoms with van der Waals surface area (Å²) in [7, 11) is -3.06. The van der Waals surface area contributed by atoms with E-state index in [1.165, 1.54) is 0 Å². The molecular weight excluding hydrogens is 308 g/mol. The zero-order chi connectivity index (χ0) is 15.3. The summed E-state index contributed by atoms with van der Waals surface area (Å²) >= 11 is 5.52. The third-order valence-electron chi connectivity index (χ3n) is 2.87. The van der Waals surface area contributed by atoms with E-state index in [2.05, 4.69) is 5.32 Å². The van der Waals surface area contributed by atoms with Crippen molar-refractivity contribution in [2.45, 2.75) is 25.8 Å². The van der Waals surface area contributed by atoms with Crippen LogP contribution in [0.25, 0.3) is 0 Å². The Balaban J connectivity index is 2.88. The molecule has 0 aliphatic carbocycles. The molecular formula is C13H18ClF2NO2S. The van der Waals surface area contributed by atoms with Gasteiger partial charge in [0.2, 0.25) is 0 Å². The Hall–Kier alpha value is -0.720. The van der Waals surface area contributed by atoms with Crippen molar-refractivity contribution in [2.24, 2.45) is 0 Å². The van der Waals surface area contributed by atoms with E-state index in [4.69, 9.17) is 11.6 Å². The Morgan fingerprint density at radius 1 is 1.30 bits per heavy atom. The summed E-state index contributed by atoms with van der Waals surface area (Å²) in [5, 5.41) is 2.76. The second kappa shape index (κ2) is 7.33. The van der Waals surface area contributed by atoms with Crippen LogP contribution in [-0.4, -0.2) is 27.0 Å². The highest BCUT2D eigenvalue weighted by Gasteiger charge is 2.18. The van der Waals surface area contributed by atoms with Gasteiger partial charge in [0.25, 0.3) is 0 Å². The van der Waals surface area contributed by atoms with Crippen LogP contribution in [0.3, 0.4) is 0 Å². The first-order chi connectivity index (χ1) is 9.24. The summed E-state index contributed by atoms with van der Waals surface area (Å²) in [6.07, 6.45) is 1.93. The van der Waals surface area contributed by atoms with Crippen molar-refractivity contribution in [1.82, 2.24) is 5.32 Å². The topological polar surface area (TPSA) is 46.2 Å². The Labute approximate surface area is 123 Å². The molecule has 1 aromatic carbocycles. The number of hydrogen-bond acceptors (Lipinski definition) is 3. The molecule has 114 valence electrons. The van der Waals surface area contributed by atoms with Gasteiger partial charge < -0.3 is 5.32 Å². The van der Waals surface area contributed by atoms with Crippen LogP contribution in [0.15, 0.2) is 12.1 Å². The highest BCUT2D eigenvalue weighted by molar-refractivity contribution is 7.90. The minimum Gasteiger partial charge on any atom is -0.310 e. The highest BCUT2D eigenvalue weighted by atomic mass is 35.5. The van der Waals surface area contributed by atoms with Crippen LogP contribution in [0.1, 0.15) is 31.4 Å². The maximum absolute atomic E-state index is 13.9. The number of halogens is 3. The van der Waals surface area contributed by atoms with Gasteiger partial charge in [0.15, 0.2) is 0 Å². The lowest BCUT2D eigenvalue weighted by atomic mass is 10.0. The summed E-state index contributed by atoms with van der Waals surface area (Å²) in [6, 6.07) is 1.56. The number of benzene rings is 1. The van der Waals surface area contributed by atoms with E-state index < -0.39 is 27.5 Å². The first-order valence-corrected chi connectivity index (χ1v) is 8.74. The van der Waals surface area contributed by atoms with Crippen molar-refractivity contribution < 1.29 is 17.2 Å². The summed E-state index contributed by atoms with van der Waals surface area (Å²) in [4.78, 5) is 0. The molecule has 0 radical (unpaired) electrons. The largest absolute Gasteiger partial charge is 0.310 e. The monoisotopic (exact) mass is 325 g/mol. The smallest absolute Gasteiger partial charge is 0.147 e. The lowest BCUT2D eigenvalue weighted by Crippen LogP contribution is -2.23. The molecule has 7 heteroatoms. The molecule has 1 unspecified atom stereocenters.